The van der Waals surface area contributed by atoms with E-state index in [-0.39, 0.29) is 6.54 Å². The van der Waals surface area contributed by atoms with E-state index < -0.39 is 17.9 Å². The Hall–Kier alpha value is -1.88. The van der Waals surface area contributed by atoms with Gasteiger partial charge in [0.2, 0.25) is 0 Å². The van der Waals surface area contributed by atoms with Gasteiger partial charge in [-0.1, -0.05) is 17.7 Å². The second kappa shape index (κ2) is 6.33. The highest BCUT2D eigenvalue weighted by atomic mass is 16.3. The summed E-state index contributed by atoms with van der Waals surface area (Å²) in [6.07, 6.45) is -0.681. The lowest BCUT2D eigenvalue weighted by Gasteiger charge is -2.13. The second-order valence-corrected chi connectivity index (χ2v) is 4.79. The van der Waals surface area contributed by atoms with Crippen LogP contribution in [0.4, 0.5) is 5.69 Å². The summed E-state index contributed by atoms with van der Waals surface area (Å²) in [4.78, 5) is 23.2. The number of amides is 2. The Morgan fingerprint density at radius 1 is 1.16 bits per heavy atom. The molecule has 0 aliphatic carbocycles. The number of hydrogen-bond donors (Lipinski definition) is 3. The molecule has 104 valence electrons. The average Bonchev–Trinajstić information content (AvgIpc) is 2.30. The van der Waals surface area contributed by atoms with E-state index in [0.717, 1.165) is 16.7 Å². The fourth-order valence-electron chi connectivity index (χ4n) is 1.87. The van der Waals surface area contributed by atoms with Crippen LogP contribution in [0.5, 0.6) is 0 Å². The van der Waals surface area contributed by atoms with Gasteiger partial charge in [-0.15, -0.1) is 0 Å². The number of nitrogens with one attached hydrogen (secondary N) is 2. The molecular formula is C14H20N2O3. The van der Waals surface area contributed by atoms with E-state index in [1.54, 1.807) is 0 Å². The van der Waals surface area contributed by atoms with Crippen LogP contribution in [0, 0.1) is 20.8 Å². The number of aliphatic hydroxyl groups excluding tert-OH is 1. The molecule has 2 amide bonds. The molecule has 0 heterocycles. The molecule has 0 aliphatic heterocycles. The van der Waals surface area contributed by atoms with Gasteiger partial charge in [0.15, 0.2) is 0 Å². The van der Waals surface area contributed by atoms with E-state index in [9.17, 15) is 9.59 Å². The number of benzene rings is 1. The number of aliphatic hydroxyl groups is 1. The van der Waals surface area contributed by atoms with Crippen LogP contribution < -0.4 is 10.6 Å². The number of carbonyl (C=O) groups is 2. The molecule has 5 heteroatoms. The van der Waals surface area contributed by atoms with E-state index in [1.807, 2.05) is 32.9 Å². The van der Waals surface area contributed by atoms with Gasteiger partial charge in [0.1, 0.15) is 0 Å². The maximum Gasteiger partial charge on any atom is 0.313 e. The number of carbonyl (C=O) groups excluding carboxylic acids is 2. The van der Waals surface area contributed by atoms with E-state index >= 15 is 0 Å². The van der Waals surface area contributed by atoms with Gasteiger partial charge in [0.25, 0.3) is 0 Å². The van der Waals surface area contributed by atoms with Gasteiger partial charge in [0, 0.05) is 12.2 Å². The third kappa shape index (κ3) is 4.37. The lowest BCUT2D eigenvalue weighted by molar-refractivity contribution is -0.136. The molecule has 0 spiro atoms. The molecule has 1 aromatic carbocycles. The van der Waals surface area contributed by atoms with Gasteiger partial charge in [-0.2, -0.15) is 0 Å². The van der Waals surface area contributed by atoms with E-state index in [4.69, 9.17) is 5.11 Å². The zero-order chi connectivity index (χ0) is 14.6. The quantitative estimate of drug-likeness (QED) is 0.714. The molecule has 0 saturated carbocycles. The largest absolute Gasteiger partial charge is 0.392 e. The zero-order valence-corrected chi connectivity index (χ0v) is 11.7. The number of anilines is 1. The molecule has 1 rings (SSSR count). The standard InChI is InChI=1S/C14H20N2O3/c1-8-5-9(2)12(10(3)6-8)16-14(19)13(18)15-7-11(4)17/h5-6,11,17H,7H2,1-4H3,(H,15,18)(H,16,19). The maximum atomic E-state index is 11.7. The smallest absolute Gasteiger partial charge is 0.313 e. The van der Waals surface area contributed by atoms with Gasteiger partial charge >= 0.3 is 11.8 Å². The summed E-state index contributed by atoms with van der Waals surface area (Å²) in [5.74, 6) is -1.48. The van der Waals surface area contributed by atoms with Gasteiger partial charge in [0.05, 0.1) is 6.10 Å². The molecule has 0 bridgehead atoms. The molecule has 5 nitrogen and oxygen atoms in total. The molecule has 0 radical (unpaired) electrons. The normalized spacial score (nSPS) is 11.8. The summed E-state index contributed by atoms with van der Waals surface area (Å²) < 4.78 is 0. The van der Waals surface area contributed by atoms with Crippen molar-refractivity contribution in [3.05, 3.63) is 28.8 Å². The van der Waals surface area contributed by atoms with Crippen molar-refractivity contribution in [2.24, 2.45) is 0 Å². The van der Waals surface area contributed by atoms with Gasteiger partial charge in [-0.05, 0) is 38.8 Å². The molecule has 19 heavy (non-hydrogen) atoms. The number of hydrogen-bond acceptors (Lipinski definition) is 3. The fraction of sp³-hybridized carbons (Fsp3) is 0.429. The Kier molecular flexibility index (Phi) is 5.06. The van der Waals surface area contributed by atoms with Crippen LogP contribution in [-0.2, 0) is 9.59 Å². The third-order valence-electron chi connectivity index (χ3n) is 2.68. The predicted octanol–water partition coefficient (Wildman–Crippen LogP) is 1.05. The maximum absolute atomic E-state index is 11.7. The van der Waals surface area contributed by atoms with Crippen molar-refractivity contribution in [3.63, 3.8) is 0 Å². The van der Waals surface area contributed by atoms with Gasteiger partial charge < -0.3 is 15.7 Å². The van der Waals surface area contributed by atoms with E-state index in [0.29, 0.717) is 5.69 Å². The monoisotopic (exact) mass is 264 g/mol. The topological polar surface area (TPSA) is 78.4 Å². The molecule has 1 aromatic rings. The first-order valence-corrected chi connectivity index (χ1v) is 6.16. The summed E-state index contributed by atoms with van der Waals surface area (Å²) in [5.41, 5.74) is 3.58. The van der Waals surface area contributed by atoms with Gasteiger partial charge in [-0.25, -0.2) is 0 Å². The summed E-state index contributed by atoms with van der Waals surface area (Å²) >= 11 is 0. The van der Waals surface area contributed by atoms with Crippen LogP contribution >= 0.6 is 0 Å². The molecule has 1 atom stereocenters. The highest BCUT2D eigenvalue weighted by molar-refractivity contribution is 6.39. The zero-order valence-electron chi connectivity index (χ0n) is 11.7. The Morgan fingerprint density at radius 3 is 2.16 bits per heavy atom. The third-order valence-corrected chi connectivity index (χ3v) is 2.68. The van der Waals surface area contributed by atoms with Crippen molar-refractivity contribution < 1.29 is 14.7 Å². The molecule has 0 fully saturated rings. The summed E-state index contributed by atoms with van der Waals surface area (Å²) in [6.45, 7) is 7.32. The van der Waals surface area contributed by atoms with Crippen molar-refractivity contribution in [3.8, 4) is 0 Å². The van der Waals surface area contributed by atoms with Crippen LogP contribution in [-0.4, -0.2) is 29.6 Å². The summed E-state index contributed by atoms with van der Waals surface area (Å²) in [7, 11) is 0. The first-order chi connectivity index (χ1) is 8.81. The van der Waals surface area contributed by atoms with Crippen LogP contribution in [0.25, 0.3) is 0 Å². The van der Waals surface area contributed by atoms with Gasteiger partial charge in [-0.3, -0.25) is 9.59 Å². The van der Waals surface area contributed by atoms with E-state index in [1.165, 1.54) is 6.92 Å². The molecule has 0 aromatic heterocycles. The Balaban J connectivity index is 2.75. The number of rotatable bonds is 3. The Labute approximate surface area is 113 Å². The minimum Gasteiger partial charge on any atom is -0.392 e. The Morgan fingerprint density at radius 2 is 1.68 bits per heavy atom. The molecule has 0 aliphatic rings. The highest BCUT2D eigenvalue weighted by Crippen LogP contribution is 2.21. The average molecular weight is 264 g/mol. The van der Waals surface area contributed by atoms with Crippen molar-refractivity contribution >= 4 is 17.5 Å². The molecule has 3 N–H and O–H groups in total. The molecule has 0 saturated heterocycles. The van der Waals surface area contributed by atoms with Crippen LogP contribution in [0.1, 0.15) is 23.6 Å². The molecule has 1 unspecified atom stereocenters. The van der Waals surface area contributed by atoms with Crippen LogP contribution in [0.15, 0.2) is 12.1 Å². The first kappa shape index (κ1) is 15.2. The minimum atomic E-state index is -0.750. The highest BCUT2D eigenvalue weighted by Gasteiger charge is 2.16. The van der Waals surface area contributed by atoms with Crippen molar-refractivity contribution in [2.45, 2.75) is 33.8 Å². The molecular weight excluding hydrogens is 244 g/mol. The van der Waals surface area contributed by atoms with Crippen molar-refractivity contribution in [2.75, 3.05) is 11.9 Å². The lowest BCUT2D eigenvalue weighted by atomic mass is 10.1. The SMILES string of the molecule is Cc1cc(C)c(NC(=O)C(=O)NCC(C)O)c(C)c1. The Bertz CT molecular complexity index is 472. The second-order valence-electron chi connectivity index (χ2n) is 4.79. The summed E-state index contributed by atoms with van der Waals surface area (Å²) in [5, 5.41) is 14.0. The van der Waals surface area contributed by atoms with Crippen molar-refractivity contribution in [1.29, 1.82) is 0 Å². The first-order valence-electron chi connectivity index (χ1n) is 6.16. The summed E-state index contributed by atoms with van der Waals surface area (Å²) in [6, 6.07) is 3.88. The lowest BCUT2D eigenvalue weighted by Crippen LogP contribution is -2.39. The van der Waals surface area contributed by atoms with E-state index in [2.05, 4.69) is 10.6 Å². The van der Waals surface area contributed by atoms with Crippen LogP contribution in [0.3, 0.4) is 0 Å². The number of aryl methyl sites for hydroxylation is 3. The fourth-order valence-corrected chi connectivity index (χ4v) is 1.87. The predicted molar refractivity (Wildman–Crippen MR) is 74.0 cm³/mol. The minimum absolute atomic E-state index is 0.0537. The van der Waals surface area contributed by atoms with Crippen LogP contribution in [0.2, 0.25) is 0 Å². The van der Waals surface area contributed by atoms with Crippen molar-refractivity contribution in [1.82, 2.24) is 5.32 Å².